The molecule has 1 atom stereocenters. The van der Waals surface area contributed by atoms with E-state index in [1.807, 2.05) is 25.5 Å². The van der Waals surface area contributed by atoms with Crippen LogP contribution in [-0.2, 0) is 16.6 Å². The van der Waals surface area contributed by atoms with Crippen LogP contribution in [0.1, 0.15) is 44.8 Å². The third-order valence-electron chi connectivity index (χ3n) is 2.72. The Morgan fingerprint density at radius 1 is 1.41 bits per heavy atom. The Bertz CT molecular complexity index is 385. The van der Waals surface area contributed by atoms with Gasteiger partial charge in [-0.15, -0.1) is 10.2 Å². The molecule has 0 N–H and O–H groups in total. The average molecular weight is 239 g/mol. The van der Waals surface area contributed by atoms with Crippen LogP contribution in [0.2, 0.25) is 0 Å². The maximum absolute atomic E-state index is 11.9. The Labute approximate surface area is 102 Å². The number of ether oxygens (including phenoxy) is 1. The molecule has 0 aliphatic rings. The predicted molar refractivity (Wildman–Crippen MR) is 64.6 cm³/mol. The van der Waals surface area contributed by atoms with E-state index in [1.165, 1.54) is 0 Å². The fourth-order valence-electron chi connectivity index (χ4n) is 1.75. The van der Waals surface area contributed by atoms with Crippen molar-refractivity contribution in [1.82, 2.24) is 14.8 Å². The number of hydrogen-bond acceptors (Lipinski definition) is 4. The molecule has 17 heavy (non-hydrogen) atoms. The van der Waals surface area contributed by atoms with Crippen LogP contribution < -0.4 is 0 Å². The zero-order valence-corrected chi connectivity index (χ0v) is 11.2. The minimum absolute atomic E-state index is 0.211. The molecule has 5 heteroatoms. The van der Waals surface area contributed by atoms with Crippen LogP contribution in [0, 0.1) is 12.8 Å². The van der Waals surface area contributed by atoms with Crippen LogP contribution in [0.5, 0.6) is 0 Å². The molecule has 1 unspecified atom stereocenters. The third kappa shape index (κ3) is 3.28. The largest absolute Gasteiger partial charge is 0.465 e. The van der Waals surface area contributed by atoms with E-state index in [2.05, 4.69) is 24.0 Å². The summed E-state index contributed by atoms with van der Waals surface area (Å²) in [6.45, 7) is 8.23. The predicted octanol–water partition coefficient (Wildman–Crippen LogP) is 1.82. The van der Waals surface area contributed by atoms with Gasteiger partial charge in [-0.2, -0.15) is 0 Å². The van der Waals surface area contributed by atoms with Crippen molar-refractivity contribution in [3.8, 4) is 0 Å². The highest BCUT2D eigenvalue weighted by atomic mass is 16.5. The highest BCUT2D eigenvalue weighted by Crippen LogP contribution is 2.23. The van der Waals surface area contributed by atoms with E-state index in [0.717, 1.165) is 12.2 Å². The van der Waals surface area contributed by atoms with Gasteiger partial charge in [-0.25, -0.2) is 0 Å². The number of esters is 1. The number of aryl methyl sites for hydroxylation is 1. The minimum atomic E-state index is -0.318. The Balaban J connectivity index is 2.97. The summed E-state index contributed by atoms with van der Waals surface area (Å²) in [7, 11) is 1.87. The van der Waals surface area contributed by atoms with Gasteiger partial charge < -0.3 is 9.30 Å². The second-order valence-electron chi connectivity index (χ2n) is 4.60. The summed E-state index contributed by atoms with van der Waals surface area (Å²) >= 11 is 0. The van der Waals surface area contributed by atoms with E-state index in [0.29, 0.717) is 18.3 Å². The van der Waals surface area contributed by atoms with Gasteiger partial charge in [-0.1, -0.05) is 13.8 Å². The van der Waals surface area contributed by atoms with E-state index in [9.17, 15) is 4.79 Å². The van der Waals surface area contributed by atoms with E-state index >= 15 is 0 Å². The molecule has 0 radical (unpaired) electrons. The lowest BCUT2D eigenvalue weighted by Gasteiger charge is -2.16. The Hall–Kier alpha value is -1.39. The van der Waals surface area contributed by atoms with Gasteiger partial charge in [0.25, 0.3) is 0 Å². The van der Waals surface area contributed by atoms with Gasteiger partial charge in [0, 0.05) is 7.05 Å². The first kappa shape index (κ1) is 13.7. The van der Waals surface area contributed by atoms with E-state index in [1.54, 1.807) is 0 Å². The number of carbonyl (C=O) groups excluding carboxylic acids is 1. The summed E-state index contributed by atoms with van der Waals surface area (Å²) < 4.78 is 6.95. The molecule has 0 bridgehead atoms. The third-order valence-corrected chi connectivity index (χ3v) is 2.72. The molecule has 1 aromatic rings. The van der Waals surface area contributed by atoms with Crippen LogP contribution in [0.3, 0.4) is 0 Å². The monoisotopic (exact) mass is 239 g/mol. The van der Waals surface area contributed by atoms with Gasteiger partial charge in [-0.3, -0.25) is 4.79 Å². The smallest absolute Gasteiger partial charge is 0.316 e. The van der Waals surface area contributed by atoms with Crippen molar-refractivity contribution in [2.75, 3.05) is 6.61 Å². The number of rotatable bonds is 5. The fraction of sp³-hybridized carbons (Fsp3) is 0.750. The second-order valence-corrected chi connectivity index (χ2v) is 4.60. The molecule has 0 aromatic carbocycles. The molecule has 1 heterocycles. The van der Waals surface area contributed by atoms with Gasteiger partial charge in [0.15, 0.2) is 0 Å². The average Bonchev–Trinajstić information content (AvgIpc) is 2.57. The van der Waals surface area contributed by atoms with Crippen molar-refractivity contribution in [3.05, 3.63) is 11.6 Å². The molecule has 96 valence electrons. The van der Waals surface area contributed by atoms with E-state index in [-0.39, 0.29) is 11.9 Å². The molecule has 0 amide bonds. The normalized spacial score (nSPS) is 12.8. The quantitative estimate of drug-likeness (QED) is 0.735. The summed E-state index contributed by atoms with van der Waals surface area (Å²) in [5.74, 6) is 1.37. The highest BCUT2D eigenvalue weighted by Gasteiger charge is 2.27. The lowest BCUT2D eigenvalue weighted by molar-refractivity contribution is -0.145. The number of aromatic nitrogens is 3. The van der Waals surface area contributed by atoms with Crippen LogP contribution in [0.25, 0.3) is 0 Å². The van der Waals surface area contributed by atoms with Crippen LogP contribution in [-0.4, -0.2) is 27.3 Å². The Morgan fingerprint density at radius 2 is 2.06 bits per heavy atom. The molecular weight excluding hydrogens is 218 g/mol. The molecular formula is C12H21N3O2. The van der Waals surface area contributed by atoms with Crippen molar-refractivity contribution >= 4 is 5.97 Å². The van der Waals surface area contributed by atoms with Gasteiger partial charge in [0.05, 0.1) is 6.61 Å². The first-order valence-corrected chi connectivity index (χ1v) is 5.99. The summed E-state index contributed by atoms with van der Waals surface area (Å²) in [5, 5.41) is 8.08. The minimum Gasteiger partial charge on any atom is -0.465 e. The van der Waals surface area contributed by atoms with Gasteiger partial charge in [0.2, 0.25) is 0 Å². The zero-order valence-electron chi connectivity index (χ0n) is 11.2. The number of nitrogens with zero attached hydrogens (tertiary/aromatic N) is 3. The van der Waals surface area contributed by atoms with E-state index < -0.39 is 0 Å². The molecule has 1 rings (SSSR count). The molecule has 1 aromatic heterocycles. The lowest BCUT2D eigenvalue weighted by atomic mass is 9.96. The molecule has 5 nitrogen and oxygen atoms in total. The molecule has 0 aliphatic carbocycles. The zero-order chi connectivity index (χ0) is 13.0. The van der Waals surface area contributed by atoms with E-state index in [4.69, 9.17) is 4.74 Å². The van der Waals surface area contributed by atoms with Crippen molar-refractivity contribution in [2.24, 2.45) is 13.0 Å². The molecule has 0 saturated heterocycles. The number of carbonyl (C=O) groups is 1. The molecule has 0 spiro atoms. The van der Waals surface area contributed by atoms with Crippen molar-refractivity contribution in [2.45, 2.75) is 40.0 Å². The van der Waals surface area contributed by atoms with Gasteiger partial charge in [-0.05, 0) is 26.2 Å². The summed E-state index contributed by atoms with van der Waals surface area (Å²) in [6.07, 6.45) is 0.727. The number of hydrogen-bond donors (Lipinski definition) is 0. The first-order chi connectivity index (χ1) is 7.97. The van der Waals surface area contributed by atoms with Crippen LogP contribution in [0.4, 0.5) is 0 Å². The topological polar surface area (TPSA) is 57.0 Å². The van der Waals surface area contributed by atoms with Gasteiger partial charge >= 0.3 is 5.97 Å². The summed E-state index contributed by atoms with van der Waals surface area (Å²) in [6, 6.07) is 0. The highest BCUT2D eigenvalue weighted by molar-refractivity contribution is 5.77. The molecule has 0 fully saturated rings. The first-order valence-electron chi connectivity index (χ1n) is 5.99. The Morgan fingerprint density at radius 3 is 2.47 bits per heavy atom. The van der Waals surface area contributed by atoms with Gasteiger partial charge in [0.1, 0.15) is 17.6 Å². The maximum Gasteiger partial charge on any atom is 0.316 e. The fourth-order valence-corrected chi connectivity index (χ4v) is 1.75. The Kier molecular flexibility index (Phi) is 4.66. The molecule has 0 aliphatic heterocycles. The van der Waals surface area contributed by atoms with Crippen LogP contribution >= 0.6 is 0 Å². The molecule has 0 saturated carbocycles. The SMILES string of the molecule is CCOC(=O)C(CC(C)C)c1nnc(C)n1C. The lowest BCUT2D eigenvalue weighted by Crippen LogP contribution is -2.21. The van der Waals surface area contributed by atoms with Crippen molar-refractivity contribution in [1.29, 1.82) is 0 Å². The summed E-state index contributed by atoms with van der Waals surface area (Å²) in [5.41, 5.74) is 0. The van der Waals surface area contributed by atoms with Crippen LogP contribution in [0.15, 0.2) is 0 Å². The maximum atomic E-state index is 11.9. The van der Waals surface area contributed by atoms with Crippen molar-refractivity contribution < 1.29 is 9.53 Å². The van der Waals surface area contributed by atoms with Crippen molar-refractivity contribution in [3.63, 3.8) is 0 Å². The second kappa shape index (κ2) is 5.80. The summed E-state index contributed by atoms with van der Waals surface area (Å²) in [4.78, 5) is 11.9. The standard InChI is InChI=1S/C12H21N3O2/c1-6-17-12(16)10(7-8(2)3)11-14-13-9(4)15(11)5/h8,10H,6-7H2,1-5H3.